The second kappa shape index (κ2) is 4.92. The Morgan fingerprint density at radius 3 is 2.95 bits per heavy atom. The molecule has 0 bridgehead atoms. The molecule has 0 saturated heterocycles. The van der Waals surface area contributed by atoms with E-state index in [9.17, 15) is 5.11 Å². The number of halogens is 2. The SMILES string of the molecule is OCc1cc2ncc(-c3cccc(Br)n3)n2cc1Cl. The summed E-state index contributed by atoms with van der Waals surface area (Å²) in [5.74, 6) is 0. The minimum atomic E-state index is -0.105. The van der Waals surface area contributed by atoms with Crippen molar-refractivity contribution >= 4 is 33.2 Å². The molecule has 1 N–H and O–H groups in total. The van der Waals surface area contributed by atoms with Crippen LogP contribution in [0.2, 0.25) is 5.02 Å². The van der Waals surface area contributed by atoms with Gasteiger partial charge in [-0.1, -0.05) is 17.7 Å². The summed E-state index contributed by atoms with van der Waals surface area (Å²) < 4.78 is 2.62. The van der Waals surface area contributed by atoms with E-state index in [0.29, 0.717) is 10.6 Å². The first-order chi connectivity index (χ1) is 9.19. The van der Waals surface area contributed by atoms with Crippen LogP contribution in [-0.4, -0.2) is 19.5 Å². The molecule has 0 aromatic carbocycles. The van der Waals surface area contributed by atoms with Gasteiger partial charge in [0.1, 0.15) is 10.3 Å². The molecule has 0 radical (unpaired) electrons. The fourth-order valence-corrected chi connectivity index (χ4v) is 2.46. The van der Waals surface area contributed by atoms with Gasteiger partial charge in [0.05, 0.1) is 29.2 Å². The number of fused-ring (bicyclic) bond motifs is 1. The zero-order chi connectivity index (χ0) is 13.4. The smallest absolute Gasteiger partial charge is 0.137 e. The molecule has 3 heterocycles. The molecule has 0 atom stereocenters. The lowest BCUT2D eigenvalue weighted by atomic mass is 10.2. The van der Waals surface area contributed by atoms with Gasteiger partial charge in [0, 0.05) is 11.8 Å². The van der Waals surface area contributed by atoms with Gasteiger partial charge in [0.15, 0.2) is 0 Å². The number of rotatable bonds is 2. The van der Waals surface area contributed by atoms with Crippen molar-refractivity contribution in [3.05, 3.63) is 51.8 Å². The average molecular weight is 339 g/mol. The van der Waals surface area contributed by atoms with Crippen molar-refractivity contribution in [2.24, 2.45) is 0 Å². The first-order valence-electron chi connectivity index (χ1n) is 5.58. The molecule has 0 unspecified atom stereocenters. The second-order valence-electron chi connectivity index (χ2n) is 4.02. The number of hydrogen-bond acceptors (Lipinski definition) is 3. The molecule has 3 aromatic heterocycles. The number of imidazole rings is 1. The maximum absolute atomic E-state index is 9.20. The summed E-state index contributed by atoms with van der Waals surface area (Å²) in [5.41, 5.74) is 3.04. The Bertz CT molecular complexity index is 757. The Balaban J connectivity index is 2.23. The van der Waals surface area contributed by atoms with E-state index in [4.69, 9.17) is 11.6 Å². The van der Waals surface area contributed by atoms with E-state index in [1.807, 2.05) is 22.6 Å². The number of aliphatic hydroxyl groups is 1. The van der Waals surface area contributed by atoms with Crippen LogP contribution in [0.3, 0.4) is 0 Å². The zero-order valence-corrected chi connectivity index (χ0v) is 12.1. The summed E-state index contributed by atoms with van der Waals surface area (Å²) in [6, 6.07) is 7.45. The van der Waals surface area contributed by atoms with Gasteiger partial charge in [0.25, 0.3) is 0 Å². The van der Waals surface area contributed by atoms with Gasteiger partial charge in [0.2, 0.25) is 0 Å². The quantitative estimate of drug-likeness (QED) is 0.729. The Hall–Kier alpha value is -1.43. The third-order valence-corrected chi connectivity index (χ3v) is 3.61. The van der Waals surface area contributed by atoms with E-state index < -0.39 is 0 Å². The Kier molecular flexibility index (Phi) is 3.26. The van der Waals surface area contributed by atoms with Crippen LogP contribution in [0, 0.1) is 0 Å². The first-order valence-corrected chi connectivity index (χ1v) is 6.75. The maximum atomic E-state index is 9.20. The van der Waals surface area contributed by atoms with E-state index in [1.54, 1.807) is 18.5 Å². The van der Waals surface area contributed by atoms with Crippen LogP contribution in [-0.2, 0) is 6.61 Å². The van der Waals surface area contributed by atoms with Crippen molar-refractivity contribution in [3.8, 4) is 11.4 Å². The van der Waals surface area contributed by atoms with Gasteiger partial charge in [-0.2, -0.15) is 0 Å². The fraction of sp³-hybridized carbons (Fsp3) is 0.0769. The van der Waals surface area contributed by atoms with Crippen molar-refractivity contribution in [1.29, 1.82) is 0 Å². The molecular formula is C13H9BrClN3O. The molecule has 19 heavy (non-hydrogen) atoms. The minimum absolute atomic E-state index is 0.105. The van der Waals surface area contributed by atoms with E-state index in [-0.39, 0.29) is 6.61 Å². The number of pyridine rings is 2. The first kappa shape index (κ1) is 12.6. The highest BCUT2D eigenvalue weighted by molar-refractivity contribution is 9.10. The molecule has 0 aliphatic carbocycles. The van der Waals surface area contributed by atoms with Crippen molar-refractivity contribution < 1.29 is 5.11 Å². The normalized spacial score (nSPS) is 11.1. The summed E-state index contributed by atoms with van der Waals surface area (Å²) in [4.78, 5) is 8.71. The van der Waals surface area contributed by atoms with Crippen LogP contribution in [0.15, 0.2) is 41.3 Å². The molecule has 0 saturated carbocycles. The molecular weight excluding hydrogens is 330 g/mol. The second-order valence-corrected chi connectivity index (χ2v) is 5.24. The van der Waals surface area contributed by atoms with Gasteiger partial charge in [-0.25, -0.2) is 9.97 Å². The predicted molar refractivity (Wildman–Crippen MR) is 77.1 cm³/mol. The monoisotopic (exact) mass is 337 g/mol. The van der Waals surface area contributed by atoms with E-state index in [0.717, 1.165) is 21.6 Å². The third kappa shape index (κ3) is 2.25. The summed E-state index contributed by atoms with van der Waals surface area (Å²) in [7, 11) is 0. The number of aliphatic hydroxyl groups excluding tert-OH is 1. The molecule has 0 aliphatic heterocycles. The predicted octanol–water partition coefficient (Wildman–Crippen LogP) is 3.30. The Morgan fingerprint density at radius 2 is 2.21 bits per heavy atom. The molecule has 0 fully saturated rings. The number of aromatic nitrogens is 3. The van der Waals surface area contributed by atoms with Gasteiger partial charge in [-0.3, -0.25) is 4.40 Å². The van der Waals surface area contributed by atoms with Gasteiger partial charge < -0.3 is 5.11 Å². The molecule has 96 valence electrons. The molecule has 0 amide bonds. The van der Waals surface area contributed by atoms with Crippen LogP contribution in [0.4, 0.5) is 0 Å². The van der Waals surface area contributed by atoms with E-state index in [2.05, 4.69) is 25.9 Å². The minimum Gasteiger partial charge on any atom is -0.392 e. The summed E-state index contributed by atoms with van der Waals surface area (Å²) in [5, 5.41) is 9.70. The largest absolute Gasteiger partial charge is 0.392 e. The molecule has 4 nitrogen and oxygen atoms in total. The van der Waals surface area contributed by atoms with Gasteiger partial charge in [-0.15, -0.1) is 0 Å². The van der Waals surface area contributed by atoms with Crippen molar-refractivity contribution in [2.45, 2.75) is 6.61 Å². The third-order valence-electron chi connectivity index (χ3n) is 2.83. The summed E-state index contributed by atoms with van der Waals surface area (Å²) >= 11 is 9.46. The Labute approximate surface area is 122 Å². The van der Waals surface area contributed by atoms with Gasteiger partial charge in [-0.05, 0) is 34.1 Å². The van der Waals surface area contributed by atoms with Crippen LogP contribution < -0.4 is 0 Å². The number of hydrogen-bond donors (Lipinski definition) is 1. The van der Waals surface area contributed by atoms with Crippen molar-refractivity contribution in [1.82, 2.24) is 14.4 Å². The summed E-state index contributed by atoms with van der Waals surface area (Å²) in [6.07, 6.45) is 3.48. The molecule has 3 rings (SSSR count). The highest BCUT2D eigenvalue weighted by atomic mass is 79.9. The summed E-state index contributed by atoms with van der Waals surface area (Å²) in [6.45, 7) is -0.105. The van der Waals surface area contributed by atoms with Crippen LogP contribution in [0.25, 0.3) is 17.0 Å². The molecule has 0 spiro atoms. The van der Waals surface area contributed by atoms with Crippen molar-refractivity contribution in [3.63, 3.8) is 0 Å². The lowest BCUT2D eigenvalue weighted by molar-refractivity contribution is 0.282. The fourth-order valence-electron chi connectivity index (χ4n) is 1.90. The average Bonchev–Trinajstić information content (AvgIpc) is 2.80. The molecule has 6 heteroatoms. The molecule has 0 aliphatic rings. The van der Waals surface area contributed by atoms with Crippen LogP contribution in [0.5, 0.6) is 0 Å². The van der Waals surface area contributed by atoms with E-state index in [1.165, 1.54) is 0 Å². The highest BCUT2D eigenvalue weighted by Crippen LogP contribution is 2.24. The van der Waals surface area contributed by atoms with Crippen LogP contribution in [0.1, 0.15) is 5.56 Å². The maximum Gasteiger partial charge on any atom is 0.137 e. The highest BCUT2D eigenvalue weighted by Gasteiger charge is 2.10. The van der Waals surface area contributed by atoms with Gasteiger partial charge >= 0.3 is 0 Å². The Morgan fingerprint density at radius 1 is 1.37 bits per heavy atom. The topological polar surface area (TPSA) is 50.4 Å². The lowest BCUT2D eigenvalue weighted by Crippen LogP contribution is -1.94. The van der Waals surface area contributed by atoms with Crippen molar-refractivity contribution in [2.75, 3.05) is 0 Å². The van der Waals surface area contributed by atoms with E-state index >= 15 is 0 Å². The number of nitrogens with zero attached hydrogens (tertiary/aromatic N) is 3. The standard InChI is InChI=1S/C13H9BrClN3O/c14-12-3-1-2-10(17-12)11-5-16-13-4-8(7-19)9(15)6-18(11)13/h1-6,19H,7H2. The van der Waals surface area contributed by atoms with Crippen LogP contribution >= 0.6 is 27.5 Å². The zero-order valence-electron chi connectivity index (χ0n) is 9.72. The molecule has 3 aromatic rings. The lowest BCUT2D eigenvalue weighted by Gasteiger charge is -2.05.